The molecule has 1 aromatic heterocycles. The number of aliphatic carboxylic acids is 1. The number of carboxylic acids is 1. The number of halogens is 2. The van der Waals surface area contributed by atoms with Crippen LogP contribution in [-0.4, -0.2) is 33.1 Å². The van der Waals surface area contributed by atoms with Gasteiger partial charge in [0, 0.05) is 12.2 Å². The Morgan fingerprint density at radius 3 is 2.60 bits per heavy atom. The number of hydrogen-bond donors (Lipinski definition) is 2. The van der Waals surface area contributed by atoms with E-state index in [2.05, 4.69) is 10.3 Å². The number of benzene rings is 2. The van der Waals surface area contributed by atoms with Crippen molar-refractivity contribution in [3.8, 4) is 5.75 Å². The minimum Gasteiger partial charge on any atom is -0.494 e. The van der Waals surface area contributed by atoms with Crippen LogP contribution in [0.4, 0.5) is 5.69 Å². The van der Waals surface area contributed by atoms with Gasteiger partial charge in [0.05, 0.1) is 17.5 Å². The molecule has 35 heavy (non-hydrogen) atoms. The van der Waals surface area contributed by atoms with Crippen molar-refractivity contribution in [1.29, 1.82) is 0 Å². The average molecular weight is 514 g/mol. The first-order valence-corrected chi connectivity index (χ1v) is 11.6. The summed E-state index contributed by atoms with van der Waals surface area (Å²) in [7, 11) is 0. The third kappa shape index (κ3) is 5.23. The number of fused-ring (bicyclic) bond motifs is 2. The molecule has 0 unspecified atom stereocenters. The molecule has 0 saturated carbocycles. The van der Waals surface area contributed by atoms with E-state index in [0.717, 1.165) is 23.3 Å². The van der Waals surface area contributed by atoms with E-state index in [1.165, 1.54) is 12.1 Å². The summed E-state index contributed by atoms with van der Waals surface area (Å²) in [6, 6.07) is 12.3. The van der Waals surface area contributed by atoms with Crippen molar-refractivity contribution in [2.75, 3.05) is 11.9 Å². The number of carbonyl (C=O) groups excluding carboxylic acids is 1. The predicted molar refractivity (Wildman–Crippen MR) is 136 cm³/mol. The Balaban J connectivity index is 1.65. The molecule has 0 radical (unpaired) electrons. The Morgan fingerprint density at radius 2 is 1.91 bits per heavy atom. The number of nitrogens with zero attached hydrogens (tertiary/aromatic N) is 2. The van der Waals surface area contributed by atoms with E-state index >= 15 is 0 Å². The zero-order valence-corrected chi connectivity index (χ0v) is 20.2. The fraction of sp³-hybridized carbons (Fsp3) is 0.200. The van der Waals surface area contributed by atoms with Gasteiger partial charge in [0.1, 0.15) is 21.6 Å². The molecule has 0 bridgehead atoms. The molecule has 2 aromatic carbocycles. The molecule has 8 nitrogen and oxygen atoms in total. The molecule has 3 aromatic rings. The van der Waals surface area contributed by atoms with Gasteiger partial charge in [-0.25, -0.2) is 9.78 Å². The van der Waals surface area contributed by atoms with Crippen molar-refractivity contribution < 1.29 is 19.4 Å². The van der Waals surface area contributed by atoms with Gasteiger partial charge in [0.2, 0.25) is 0 Å². The molecule has 2 heterocycles. The van der Waals surface area contributed by atoms with Crippen LogP contribution in [-0.2, 0) is 16.1 Å². The Hall–Kier alpha value is -3.62. The van der Waals surface area contributed by atoms with E-state index in [0.29, 0.717) is 42.0 Å². The van der Waals surface area contributed by atoms with Crippen LogP contribution in [0.15, 0.2) is 57.3 Å². The number of amides is 1. The minimum absolute atomic E-state index is 0.179. The van der Waals surface area contributed by atoms with Gasteiger partial charge in [-0.3, -0.25) is 14.2 Å². The van der Waals surface area contributed by atoms with Gasteiger partial charge < -0.3 is 15.2 Å². The van der Waals surface area contributed by atoms with Crippen LogP contribution in [0.1, 0.15) is 31.2 Å². The van der Waals surface area contributed by atoms with Crippen molar-refractivity contribution in [3.05, 3.63) is 74.3 Å². The van der Waals surface area contributed by atoms with Gasteiger partial charge in [-0.2, -0.15) is 0 Å². The van der Waals surface area contributed by atoms with Crippen molar-refractivity contribution in [3.63, 3.8) is 0 Å². The highest BCUT2D eigenvalue weighted by Gasteiger charge is 2.22. The largest absolute Gasteiger partial charge is 0.494 e. The van der Waals surface area contributed by atoms with E-state index in [-0.39, 0.29) is 5.56 Å². The zero-order chi connectivity index (χ0) is 25.1. The lowest BCUT2D eigenvalue weighted by atomic mass is 10.1. The lowest BCUT2D eigenvalue weighted by Crippen LogP contribution is -2.21. The SMILES string of the molecule is CCCOc1ccc(/C=C2\CCn3c2nc2cc(NC(=O)/C(Cl)=C(/Cl)C(=O)O)ccc2c3=O)cc1. The van der Waals surface area contributed by atoms with Crippen molar-refractivity contribution in [1.82, 2.24) is 9.55 Å². The molecule has 10 heteroatoms. The Labute approximate surface area is 210 Å². The molecule has 0 aliphatic carbocycles. The lowest BCUT2D eigenvalue weighted by molar-refractivity contribution is -0.132. The van der Waals surface area contributed by atoms with Crippen LogP contribution in [0.3, 0.4) is 0 Å². The molecule has 0 spiro atoms. The van der Waals surface area contributed by atoms with Gasteiger partial charge >= 0.3 is 5.97 Å². The first kappa shape index (κ1) is 24.5. The molecule has 0 fully saturated rings. The second-order valence-electron chi connectivity index (χ2n) is 7.85. The normalized spacial score (nSPS) is 14.5. The highest BCUT2D eigenvalue weighted by atomic mass is 35.5. The number of nitrogens with one attached hydrogen (secondary N) is 1. The highest BCUT2D eigenvalue weighted by Crippen LogP contribution is 2.29. The van der Waals surface area contributed by atoms with Crippen molar-refractivity contribution in [2.24, 2.45) is 0 Å². The van der Waals surface area contributed by atoms with Crippen molar-refractivity contribution >= 4 is 63.3 Å². The van der Waals surface area contributed by atoms with Gasteiger partial charge in [0.25, 0.3) is 11.5 Å². The van der Waals surface area contributed by atoms with Gasteiger partial charge in [-0.15, -0.1) is 0 Å². The molecular weight excluding hydrogens is 493 g/mol. The van der Waals surface area contributed by atoms with Crippen molar-refractivity contribution in [2.45, 2.75) is 26.3 Å². The third-order valence-electron chi connectivity index (χ3n) is 5.38. The number of carboxylic acid groups (broad SMARTS) is 1. The van der Waals surface area contributed by atoms with Gasteiger partial charge in [0.15, 0.2) is 0 Å². The first-order valence-electron chi connectivity index (χ1n) is 10.9. The summed E-state index contributed by atoms with van der Waals surface area (Å²) in [5.74, 6) is -1.04. The molecule has 2 N–H and O–H groups in total. The standard InChI is InChI=1S/C25H21Cl2N3O5/c1-2-11-35-17-6-3-14(4-7-17)12-15-9-10-30-22(15)29-19-13-16(5-8-18(19)24(30)32)28-23(31)20(26)21(27)25(33)34/h3-8,12-13H,2,9-11H2,1H3,(H,28,31)(H,33,34)/b15-12+,21-20-. The third-order valence-corrected chi connectivity index (χ3v) is 6.19. The maximum absolute atomic E-state index is 13.0. The number of aromatic nitrogens is 2. The number of hydrogen-bond acceptors (Lipinski definition) is 5. The number of carbonyl (C=O) groups is 2. The summed E-state index contributed by atoms with van der Waals surface area (Å²) in [4.78, 5) is 40.9. The highest BCUT2D eigenvalue weighted by molar-refractivity contribution is 6.54. The van der Waals surface area contributed by atoms with Crippen LogP contribution < -0.4 is 15.6 Å². The Bertz CT molecular complexity index is 1440. The van der Waals surface area contributed by atoms with Gasteiger partial charge in [-0.05, 0) is 60.4 Å². The summed E-state index contributed by atoms with van der Waals surface area (Å²) in [5.41, 5.74) is 2.38. The molecule has 4 rings (SSSR count). The predicted octanol–water partition coefficient (Wildman–Crippen LogP) is 4.84. The fourth-order valence-corrected chi connectivity index (χ4v) is 3.91. The minimum atomic E-state index is -1.52. The molecular formula is C25H21Cl2N3O5. The monoisotopic (exact) mass is 513 g/mol. The summed E-state index contributed by atoms with van der Waals surface area (Å²) in [5, 5.41) is 10.3. The second kappa shape index (κ2) is 10.3. The van der Waals surface area contributed by atoms with E-state index in [1.807, 2.05) is 37.3 Å². The van der Waals surface area contributed by atoms with E-state index in [1.54, 1.807) is 10.6 Å². The summed E-state index contributed by atoms with van der Waals surface area (Å²) >= 11 is 11.3. The molecule has 0 atom stereocenters. The van der Waals surface area contributed by atoms with E-state index < -0.39 is 21.9 Å². The lowest BCUT2D eigenvalue weighted by Gasteiger charge is -2.09. The van der Waals surface area contributed by atoms with Crippen LogP contribution >= 0.6 is 23.2 Å². The molecule has 1 aliphatic rings. The van der Waals surface area contributed by atoms with E-state index in [4.69, 9.17) is 33.0 Å². The van der Waals surface area contributed by atoms with Gasteiger partial charge in [-0.1, -0.05) is 42.3 Å². The summed E-state index contributed by atoms with van der Waals surface area (Å²) in [6.07, 6.45) is 3.58. The van der Waals surface area contributed by atoms with E-state index in [9.17, 15) is 14.4 Å². The Kier molecular flexibility index (Phi) is 7.23. The second-order valence-corrected chi connectivity index (χ2v) is 8.60. The number of rotatable bonds is 7. The van der Waals surface area contributed by atoms with Crippen LogP contribution in [0.2, 0.25) is 0 Å². The number of anilines is 1. The zero-order valence-electron chi connectivity index (χ0n) is 18.7. The summed E-state index contributed by atoms with van der Waals surface area (Å²) in [6.45, 7) is 3.23. The van der Waals surface area contributed by atoms with Crippen LogP contribution in [0.5, 0.6) is 5.75 Å². The maximum Gasteiger partial charge on any atom is 0.349 e. The number of allylic oxidation sites excluding steroid dienone is 1. The maximum atomic E-state index is 13.0. The quantitative estimate of drug-likeness (QED) is 0.437. The van der Waals surface area contributed by atoms with Crippen LogP contribution in [0, 0.1) is 0 Å². The smallest absolute Gasteiger partial charge is 0.349 e. The molecule has 1 amide bonds. The molecule has 1 aliphatic heterocycles. The number of ether oxygens (including phenoxy) is 1. The average Bonchev–Trinajstić information content (AvgIpc) is 3.25. The first-order chi connectivity index (χ1) is 16.8. The topological polar surface area (TPSA) is 111 Å². The van der Waals surface area contributed by atoms with Crippen LogP contribution in [0.25, 0.3) is 22.6 Å². The fourth-order valence-electron chi connectivity index (χ4n) is 3.69. The molecule has 0 saturated heterocycles. The summed E-state index contributed by atoms with van der Waals surface area (Å²) < 4.78 is 7.26. The molecule has 180 valence electrons. The Morgan fingerprint density at radius 1 is 1.17 bits per heavy atom.